The maximum atomic E-state index is 13.3. The first kappa shape index (κ1) is 13.4. The molecule has 0 saturated carbocycles. The molecule has 100 valence electrons. The van der Waals surface area contributed by atoms with E-state index in [1.807, 2.05) is 0 Å². The van der Waals surface area contributed by atoms with Gasteiger partial charge in [0.25, 0.3) is 0 Å². The minimum absolute atomic E-state index is 0.0611. The van der Waals surface area contributed by atoms with Crippen molar-refractivity contribution >= 4 is 23.0 Å². The van der Waals surface area contributed by atoms with Crippen LogP contribution in [0.15, 0.2) is 12.1 Å². The number of halogens is 2. The lowest BCUT2D eigenvalue weighted by molar-refractivity contribution is 0.139. The Labute approximate surface area is 112 Å². The average Bonchev–Trinajstić information content (AvgIpc) is 2.27. The summed E-state index contributed by atoms with van der Waals surface area (Å²) in [4.78, 5) is 4.48. The van der Waals surface area contributed by atoms with E-state index >= 15 is 0 Å². The highest BCUT2D eigenvalue weighted by Crippen LogP contribution is 2.32. The molecule has 2 N–H and O–H groups in total. The first-order valence-corrected chi connectivity index (χ1v) is 6.40. The summed E-state index contributed by atoms with van der Waals surface area (Å²) >= 11 is 5.84. The van der Waals surface area contributed by atoms with Gasteiger partial charge in [-0.05, 0) is 27.0 Å². The van der Waals surface area contributed by atoms with Crippen molar-refractivity contribution in [1.29, 1.82) is 0 Å². The number of benzene rings is 1. The van der Waals surface area contributed by atoms with E-state index in [2.05, 4.69) is 30.7 Å². The Balaban J connectivity index is 2.30. The predicted octanol–water partition coefficient (Wildman–Crippen LogP) is 2.59. The molecule has 1 aliphatic rings. The summed E-state index contributed by atoms with van der Waals surface area (Å²) in [5.74, 6) is -0.466. The first-order chi connectivity index (χ1) is 8.31. The molecule has 0 spiro atoms. The number of nitrogen functional groups attached to an aromatic ring is 1. The molecule has 1 heterocycles. The SMILES string of the molecule is CN1CCN(c2cc(Cl)c(F)cc2N)CC1(C)C. The Morgan fingerprint density at radius 3 is 2.61 bits per heavy atom. The monoisotopic (exact) mass is 271 g/mol. The summed E-state index contributed by atoms with van der Waals surface area (Å²) in [5.41, 5.74) is 7.22. The summed E-state index contributed by atoms with van der Waals surface area (Å²) in [7, 11) is 2.11. The average molecular weight is 272 g/mol. The van der Waals surface area contributed by atoms with Gasteiger partial charge in [-0.3, -0.25) is 4.90 Å². The first-order valence-electron chi connectivity index (χ1n) is 6.02. The highest BCUT2D eigenvalue weighted by Gasteiger charge is 2.31. The molecule has 1 aliphatic heterocycles. The minimum atomic E-state index is -0.466. The zero-order valence-corrected chi connectivity index (χ0v) is 11.8. The lowest BCUT2D eigenvalue weighted by Gasteiger charge is -2.46. The Kier molecular flexibility index (Phi) is 3.43. The maximum absolute atomic E-state index is 13.3. The van der Waals surface area contributed by atoms with Gasteiger partial charge >= 0.3 is 0 Å². The van der Waals surface area contributed by atoms with Gasteiger partial charge in [0.1, 0.15) is 5.82 Å². The molecule has 0 unspecified atom stereocenters. The van der Waals surface area contributed by atoms with Crippen molar-refractivity contribution in [3.05, 3.63) is 23.0 Å². The van der Waals surface area contributed by atoms with Crippen molar-refractivity contribution in [3.8, 4) is 0 Å². The largest absolute Gasteiger partial charge is 0.397 e. The molecule has 1 fully saturated rings. The third kappa shape index (κ3) is 2.40. The molecule has 0 radical (unpaired) electrons. The quantitative estimate of drug-likeness (QED) is 0.797. The topological polar surface area (TPSA) is 32.5 Å². The Morgan fingerprint density at radius 1 is 1.33 bits per heavy atom. The van der Waals surface area contributed by atoms with Gasteiger partial charge in [0.05, 0.1) is 16.4 Å². The van der Waals surface area contributed by atoms with Crippen molar-refractivity contribution in [2.75, 3.05) is 37.3 Å². The van der Waals surface area contributed by atoms with Crippen LogP contribution in [0.1, 0.15) is 13.8 Å². The third-order valence-corrected chi connectivity index (χ3v) is 4.02. The van der Waals surface area contributed by atoms with Crippen LogP contribution >= 0.6 is 11.6 Å². The van der Waals surface area contributed by atoms with Gasteiger partial charge in [0.2, 0.25) is 0 Å². The summed E-state index contributed by atoms with van der Waals surface area (Å²) in [6.07, 6.45) is 0. The normalized spacial score (nSPS) is 20.2. The molecular formula is C13H19ClFN3. The second kappa shape index (κ2) is 4.59. The smallest absolute Gasteiger partial charge is 0.143 e. The number of rotatable bonds is 1. The Bertz CT molecular complexity index is 462. The van der Waals surface area contributed by atoms with Crippen LogP contribution in [0.4, 0.5) is 15.8 Å². The van der Waals surface area contributed by atoms with E-state index in [0.29, 0.717) is 5.69 Å². The van der Waals surface area contributed by atoms with E-state index in [0.717, 1.165) is 25.3 Å². The Morgan fingerprint density at radius 2 is 2.00 bits per heavy atom. The van der Waals surface area contributed by atoms with E-state index < -0.39 is 5.82 Å². The van der Waals surface area contributed by atoms with Crippen molar-refractivity contribution in [2.24, 2.45) is 0 Å². The second-order valence-electron chi connectivity index (χ2n) is 5.48. The fraction of sp³-hybridized carbons (Fsp3) is 0.538. The van der Waals surface area contributed by atoms with Crippen molar-refractivity contribution in [1.82, 2.24) is 4.90 Å². The summed E-state index contributed by atoms with van der Waals surface area (Å²) in [6.45, 7) is 7.02. The van der Waals surface area contributed by atoms with Crippen LogP contribution in [0.2, 0.25) is 5.02 Å². The van der Waals surface area contributed by atoms with Gasteiger partial charge in [-0.15, -0.1) is 0 Å². The summed E-state index contributed by atoms with van der Waals surface area (Å²) < 4.78 is 13.3. The number of hydrogen-bond acceptors (Lipinski definition) is 3. The number of nitrogens with two attached hydrogens (primary N) is 1. The number of nitrogens with zero attached hydrogens (tertiary/aromatic N) is 2. The van der Waals surface area contributed by atoms with Crippen LogP contribution in [0.5, 0.6) is 0 Å². The zero-order chi connectivity index (χ0) is 13.5. The molecule has 0 aliphatic carbocycles. The van der Waals surface area contributed by atoms with Crippen LogP contribution in [0.25, 0.3) is 0 Å². The van der Waals surface area contributed by atoms with E-state index in [1.165, 1.54) is 6.07 Å². The zero-order valence-electron chi connectivity index (χ0n) is 11.0. The van der Waals surface area contributed by atoms with Crippen LogP contribution < -0.4 is 10.6 Å². The number of hydrogen-bond donors (Lipinski definition) is 1. The molecule has 0 aromatic heterocycles. The van der Waals surface area contributed by atoms with Gasteiger partial charge < -0.3 is 10.6 Å². The van der Waals surface area contributed by atoms with Crippen LogP contribution in [0.3, 0.4) is 0 Å². The van der Waals surface area contributed by atoms with Crippen molar-refractivity contribution < 1.29 is 4.39 Å². The molecule has 18 heavy (non-hydrogen) atoms. The summed E-state index contributed by atoms with van der Waals surface area (Å²) in [5, 5.41) is 0.121. The van der Waals surface area contributed by atoms with E-state index in [1.54, 1.807) is 6.07 Å². The fourth-order valence-electron chi connectivity index (χ4n) is 2.27. The lowest BCUT2D eigenvalue weighted by atomic mass is 9.99. The van der Waals surface area contributed by atoms with Gasteiger partial charge in [0, 0.05) is 31.2 Å². The second-order valence-corrected chi connectivity index (χ2v) is 5.89. The highest BCUT2D eigenvalue weighted by atomic mass is 35.5. The number of likely N-dealkylation sites (N-methyl/N-ethyl adjacent to an activating group) is 1. The molecule has 5 heteroatoms. The van der Waals surface area contributed by atoms with Crippen LogP contribution in [0, 0.1) is 5.82 Å². The standard InChI is InChI=1S/C13H19ClFN3/c1-13(2)8-18(5-4-17(13)3)12-6-9(14)10(15)7-11(12)16/h6-7H,4-5,8,16H2,1-3H3. The van der Waals surface area contributed by atoms with Gasteiger partial charge in [-0.2, -0.15) is 0 Å². The molecule has 0 atom stereocenters. The van der Waals surface area contributed by atoms with Gasteiger partial charge in [-0.1, -0.05) is 11.6 Å². The summed E-state index contributed by atoms with van der Waals surface area (Å²) in [6, 6.07) is 2.91. The molecule has 1 aromatic rings. The molecule has 2 rings (SSSR count). The molecule has 1 saturated heterocycles. The van der Waals surface area contributed by atoms with Crippen molar-refractivity contribution in [2.45, 2.75) is 19.4 Å². The minimum Gasteiger partial charge on any atom is -0.397 e. The van der Waals surface area contributed by atoms with E-state index in [-0.39, 0.29) is 10.6 Å². The number of piperazine rings is 1. The molecule has 1 aromatic carbocycles. The molecule has 0 bridgehead atoms. The lowest BCUT2D eigenvalue weighted by Crippen LogP contribution is -2.57. The fourth-order valence-corrected chi connectivity index (χ4v) is 2.43. The predicted molar refractivity (Wildman–Crippen MR) is 74.7 cm³/mol. The van der Waals surface area contributed by atoms with Crippen LogP contribution in [-0.2, 0) is 0 Å². The molecule has 3 nitrogen and oxygen atoms in total. The third-order valence-electron chi connectivity index (χ3n) is 3.73. The molecule has 0 amide bonds. The van der Waals surface area contributed by atoms with Crippen molar-refractivity contribution in [3.63, 3.8) is 0 Å². The van der Waals surface area contributed by atoms with Crippen LogP contribution in [-0.4, -0.2) is 37.1 Å². The van der Waals surface area contributed by atoms with E-state index in [9.17, 15) is 4.39 Å². The maximum Gasteiger partial charge on any atom is 0.143 e. The molecular weight excluding hydrogens is 253 g/mol. The highest BCUT2D eigenvalue weighted by molar-refractivity contribution is 6.31. The van der Waals surface area contributed by atoms with Gasteiger partial charge in [0.15, 0.2) is 0 Å². The van der Waals surface area contributed by atoms with E-state index in [4.69, 9.17) is 17.3 Å². The Hall–Kier alpha value is -1.00. The number of anilines is 2. The van der Waals surface area contributed by atoms with Gasteiger partial charge in [-0.25, -0.2) is 4.39 Å².